The number of fused-ring (bicyclic) bond motifs is 5. The van der Waals surface area contributed by atoms with E-state index in [9.17, 15) is 0 Å². The van der Waals surface area contributed by atoms with Gasteiger partial charge in [-0.2, -0.15) is 0 Å². The molecular weight excluding hydrogens is 488 g/mol. The highest BCUT2D eigenvalue weighted by molar-refractivity contribution is 5.70. The third kappa shape index (κ3) is 5.25. The predicted octanol–water partition coefficient (Wildman–Crippen LogP) is 9.28. The molecule has 0 bridgehead atoms. The fourth-order valence-corrected chi connectivity index (χ4v) is 11.0. The molecule has 40 heavy (non-hydrogen) atoms. The summed E-state index contributed by atoms with van der Waals surface area (Å²) in [6, 6.07) is 0.0977. The Labute approximate surface area is 246 Å². The molecule has 3 saturated carbocycles. The van der Waals surface area contributed by atoms with Crippen LogP contribution < -0.4 is 5.73 Å². The largest absolute Gasteiger partial charge is 0.372 e. The molecule has 5 aliphatic rings. The van der Waals surface area contributed by atoms with Crippen molar-refractivity contribution in [1.29, 1.82) is 5.41 Å². The third-order valence-electron chi connectivity index (χ3n) is 13.0. The summed E-state index contributed by atoms with van der Waals surface area (Å²) in [6.45, 7) is 17.7. The minimum Gasteiger partial charge on any atom is -0.372 e. The van der Waals surface area contributed by atoms with Crippen molar-refractivity contribution in [3.05, 3.63) is 34.9 Å². The predicted molar refractivity (Wildman–Crippen MR) is 169 cm³/mol. The fraction of sp³-hybridized carbons (Fsp3) is 0.811. The first-order valence-electron chi connectivity index (χ1n) is 16.9. The Morgan fingerprint density at radius 3 is 2.52 bits per heavy atom. The molecule has 3 nitrogen and oxygen atoms in total. The highest BCUT2D eigenvalue weighted by Crippen LogP contribution is 2.69. The molecule has 0 aromatic rings. The van der Waals surface area contributed by atoms with Crippen molar-refractivity contribution in [3.63, 3.8) is 0 Å². The van der Waals surface area contributed by atoms with Crippen LogP contribution in [-0.4, -0.2) is 25.0 Å². The summed E-state index contributed by atoms with van der Waals surface area (Å²) in [7, 11) is 0. The molecule has 10 atom stereocenters. The first-order valence-corrected chi connectivity index (χ1v) is 16.9. The molecule has 0 amide bonds. The van der Waals surface area contributed by atoms with E-state index in [4.69, 9.17) is 15.9 Å². The van der Waals surface area contributed by atoms with Crippen molar-refractivity contribution in [2.75, 3.05) is 6.61 Å². The van der Waals surface area contributed by atoms with Gasteiger partial charge in [-0.05, 0) is 117 Å². The molecule has 3 heteroatoms. The number of hydrogen-bond acceptors (Lipinski definition) is 3. The molecule has 3 N–H and O–H groups in total. The maximum absolute atomic E-state index is 8.66. The van der Waals surface area contributed by atoms with Crippen LogP contribution in [0.1, 0.15) is 119 Å². The average molecular weight is 549 g/mol. The number of allylic oxidation sites excluding steroid dienone is 1. The summed E-state index contributed by atoms with van der Waals surface area (Å²) in [6.07, 6.45) is 23.1. The normalized spacial score (nSPS) is 43.7. The zero-order chi connectivity index (χ0) is 28.9. The molecule has 5 aliphatic carbocycles. The van der Waals surface area contributed by atoms with Crippen molar-refractivity contribution in [3.8, 4) is 0 Å². The van der Waals surface area contributed by atoms with Gasteiger partial charge >= 0.3 is 0 Å². The van der Waals surface area contributed by atoms with Gasteiger partial charge in [-0.3, -0.25) is 0 Å². The van der Waals surface area contributed by atoms with Gasteiger partial charge in [0.1, 0.15) is 0 Å². The van der Waals surface area contributed by atoms with Gasteiger partial charge in [0.15, 0.2) is 0 Å². The molecule has 0 aromatic carbocycles. The van der Waals surface area contributed by atoms with Gasteiger partial charge in [-0.15, -0.1) is 0 Å². The Bertz CT molecular complexity index is 1040. The lowest BCUT2D eigenvalue weighted by Crippen LogP contribution is -2.56. The molecule has 0 aromatic heterocycles. The first-order chi connectivity index (χ1) is 18.9. The fourth-order valence-electron chi connectivity index (χ4n) is 11.0. The topological polar surface area (TPSA) is 59.1 Å². The minimum atomic E-state index is -0.321. The van der Waals surface area contributed by atoms with Crippen molar-refractivity contribution in [2.24, 2.45) is 57.5 Å². The minimum absolute atomic E-state index is 0.0602. The zero-order valence-corrected chi connectivity index (χ0v) is 26.9. The molecule has 0 spiro atoms. The van der Waals surface area contributed by atoms with Gasteiger partial charge in [0.05, 0.1) is 12.7 Å². The van der Waals surface area contributed by atoms with Crippen molar-refractivity contribution in [1.82, 2.24) is 0 Å². The smallest absolute Gasteiger partial charge is 0.0720 e. The monoisotopic (exact) mass is 548 g/mol. The Balaban J connectivity index is 1.32. The highest BCUT2D eigenvalue weighted by Gasteiger charge is 2.61. The SMILES string of the molecule is CC1=CC(COC2CCC3(C)C(=CCC4C3CCC3(C)C(C(C)CCCC(C)C)CCC43)C2(C)C=N)=CC(N)C1. The van der Waals surface area contributed by atoms with Crippen LogP contribution in [0.15, 0.2) is 34.9 Å². The summed E-state index contributed by atoms with van der Waals surface area (Å²) >= 11 is 0. The van der Waals surface area contributed by atoms with Crippen LogP contribution in [-0.2, 0) is 4.74 Å². The van der Waals surface area contributed by atoms with E-state index in [0.29, 0.717) is 12.0 Å². The Morgan fingerprint density at radius 2 is 1.82 bits per heavy atom. The molecule has 0 aliphatic heterocycles. The summed E-state index contributed by atoms with van der Waals surface area (Å²) in [5.74, 6) is 5.03. The van der Waals surface area contributed by atoms with Crippen LogP contribution in [0.4, 0.5) is 0 Å². The van der Waals surface area contributed by atoms with E-state index in [1.165, 1.54) is 74.5 Å². The summed E-state index contributed by atoms with van der Waals surface area (Å²) in [5.41, 5.74) is 10.7. The molecular formula is C37H60N2O. The average Bonchev–Trinajstić information content (AvgIpc) is 3.25. The number of rotatable bonds is 9. The maximum atomic E-state index is 8.66. The van der Waals surface area contributed by atoms with E-state index in [1.54, 1.807) is 6.21 Å². The Morgan fingerprint density at radius 1 is 1.05 bits per heavy atom. The summed E-state index contributed by atoms with van der Waals surface area (Å²) < 4.78 is 6.67. The number of ether oxygens (including phenoxy) is 1. The lowest BCUT2D eigenvalue weighted by Gasteiger charge is -2.61. The maximum Gasteiger partial charge on any atom is 0.0720 e. The molecule has 224 valence electrons. The summed E-state index contributed by atoms with van der Waals surface area (Å²) in [5, 5.41) is 8.66. The second kappa shape index (κ2) is 11.5. The van der Waals surface area contributed by atoms with Crippen LogP contribution in [0.3, 0.4) is 0 Å². The molecule has 10 unspecified atom stereocenters. The van der Waals surface area contributed by atoms with Gasteiger partial charge < -0.3 is 15.9 Å². The second-order valence-corrected chi connectivity index (χ2v) is 16.0. The molecule has 0 heterocycles. The third-order valence-corrected chi connectivity index (χ3v) is 13.0. The molecule has 0 radical (unpaired) electrons. The van der Waals surface area contributed by atoms with Gasteiger partial charge in [0.2, 0.25) is 0 Å². The van der Waals surface area contributed by atoms with E-state index in [-0.39, 0.29) is 23.0 Å². The molecule has 3 fully saturated rings. The highest BCUT2D eigenvalue weighted by atomic mass is 16.5. The van der Waals surface area contributed by atoms with Gasteiger partial charge in [0.25, 0.3) is 0 Å². The lowest BCUT2D eigenvalue weighted by molar-refractivity contribution is -0.0810. The van der Waals surface area contributed by atoms with Crippen LogP contribution in [0.25, 0.3) is 0 Å². The zero-order valence-electron chi connectivity index (χ0n) is 26.9. The van der Waals surface area contributed by atoms with Gasteiger partial charge in [-0.1, -0.05) is 83.3 Å². The second-order valence-electron chi connectivity index (χ2n) is 16.0. The van der Waals surface area contributed by atoms with E-state index < -0.39 is 0 Å². The van der Waals surface area contributed by atoms with Crippen molar-refractivity contribution >= 4 is 6.21 Å². The van der Waals surface area contributed by atoms with Crippen LogP contribution in [0.5, 0.6) is 0 Å². The van der Waals surface area contributed by atoms with Crippen molar-refractivity contribution < 1.29 is 4.74 Å². The Kier molecular flexibility index (Phi) is 8.69. The number of nitrogens with one attached hydrogen (secondary N) is 1. The number of hydrogen-bond donors (Lipinski definition) is 2. The molecule has 5 rings (SSSR count). The van der Waals surface area contributed by atoms with Crippen LogP contribution in [0.2, 0.25) is 0 Å². The summed E-state index contributed by atoms with van der Waals surface area (Å²) in [4.78, 5) is 0. The van der Waals surface area contributed by atoms with E-state index in [0.717, 1.165) is 48.3 Å². The standard InChI is InChI=1S/C37H60N2O/c1-24(2)9-8-10-26(4)30-12-13-31-29-11-14-33-36(6,32(29)15-17-35(30,31)5)18-16-34(37(33,7)23-38)40-22-27-19-25(3)20-28(39)21-27/h14,19,21,23-24,26,28-32,34,38H,8-13,15-18,20,22,39H2,1-7H3. The quantitative estimate of drug-likeness (QED) is 0.223. The van der Waals surface area contributed by atoms with Gasteiger partial charge in [-0.25, -0.2) is 0 Å². The van der Waals surface area contributed by atoms with E-state index >= 15 is 0 Å². The Hall–Kier alpha value is -1.19. The van der Waals surface area contributed by atoms with Gasteiger partial charge in [0, 0.05) is 17.7 Å². The van der Waals surface area contributed by atoms with E-state index in [2.05, 4.69) is 66.7 Å². The molecule has 0 saturated heterocycles. The lowest BCUT2D eigenvalue weighted by atomic mass is 9.44. The first kappa shape index (κ1) is 30.3. The number of nitrogens with two attached hydrogens (primary N) is 1. The van der Waals surface area contributed by atoms with Crippen LogP contribution in [0, 0.1) is 57.2 Å². The van der Waals surface area contributed by atoms with E-state index in [1.807, 2.05) is 0 Å². The van der Waals surface area contributed by atoms with Crippen molar-refractivity contribution in [2.45, 2.75) is 131 Å². The van der Waals surface area contributed by atoms with Crippen LogP contribution >= 0.6 is 0 Å².